The number of rotatable bonds is 13. The molecule has 2 aromatic rings. The third kappa shape index (κ3) is 8.87. The molecule has 214 valence electrons. The van der Waals surface area contributed by atoms with Crippen molar-refractivity contribution in [2.24, 2.45) is 10.2 Å². The fourth-order valence-electron chi connectivity index (χ4n) is 3.31. The van der Waals surface area contributed by atoms with E-state index in [9.17, 15) is 34.6 Å². The molecular formula is C23H25ClN6O10. The van der Waals surface area contributed by atoms with Crippen LogP contribution in [0.3, 0.4) is 0 Å². The number of non-ortho nitro benzene ring substituents is 1. The molecule has 0 saturated carbocycles. The molecule has 2 aromatic carbocycles. The summed E-state index contributed by atoms with van der Waals surface area (Å²) < 4.78 is 15.5. The summed E-state index contributed by atoms with van der Waals surface area (Å²) >= 11 is 6.04. The number of benzene rings is 2. The number of anilines is 2. The highest BCUT2D eigenvalue weighted by Gasteiger charge is 2.24. The summed E-state index contributed by atoms with van der Waals surface area (Å²) in [5, 5.41) is 32.6. The average Bonchev–Trinajstić information content (AvgIpc) is 2.86. The van der Waals surface area contributed by atoms with Crippen molar-refractivity contribution >= 4 is 63.6 Å². The largest absolute Gasteiger partial charge is 0.494 e. The minimum Gasteiger partial charge on any atom is -0.494 e. The van der Waals surface area contributed by atoms with Crippen LogP contribution in [-0.4, -0.2) is 61.1 Å². The van der Waals surface area contributed by atoms with Crippen molar-refractivity contribution in [1.82, 2.24) is 0 Å². The second-order valence-corrected chi connectivity index (χ2v) is 8.31. The molecule has 0 saturated heterocycles. The number of nitrogens with zero attached hydrogens (tertiary/aromatic N) is 5. The summed E-state index contributed by atoms with van der Waals surface area (Å²) in [6.07, 6.45) is 0. The molecule has 0 spiro atoms. The minimum absolute atomic E-state index is 0.000519. The molecule has 0 aliphatic heterocycles. The summed E-state index contributed by atoms with van der Waals surface area (Å²) in [4.78, 5) is 57.0. The van der Waals surface area contributed by atoms with Crippen molar-refractivity contribution in [2.75, 3.05) is 43.6 Å². The Morgan fingerprint density at radius 1 is 0.950 bits per heavy atom. The van der Waals surface area contributed by atoms with Gasteiger partial charge in [0.25, 0.3) is 5.69 Å². The average molecular weight is 581 g/mol. The number of ether oxygens (including phenoxy) is 3. The number of hydrogen-bond acceptors (Lipinski definition) is 13. The Morgan fingerprint density at radius 2 is 1.55 bits per heavy atom. The molecule has 40 heavy (non-hydrogen) atoms. The zero-order chi connectivity index (χ0) is 30.0. The van der Waals surface area contributed by atoms with Gasteiger partial charge in [-0.3, -0.25) is 34.6 Å². The molecule has 0 aliphatic rings. The first-order valence-electron chi connectivity index (χ1n) is 11.4. The van der Waals surface area contributed by atoms with Crippen molar-refractivity contribution < 1.29 is 38.4 Å². The van der Waals surface area contributed by atoms with E-state index in [4.69, 9.17) is 25.8 Å². The summed E-state index contributed by atoms with van der Waals surface area (Å²) in [7, 11) is 1.35. The zero-order valence-electron chi connectivity index (χ0n) is 21.8. The van der Waals surface area contributed by atoms with Crippen LogP contribution >= 0.6 is 11.6 Å². The lowest BCUT2D eigenvalue weighted by atomic mass is 10.2. The Kier molecular flexibility index (Phi) is 11.2. The van der Waals surface area contributed by atoms with E-state index in [0.29, 0.717) is 11.8 Å². The van der Waals surface area contributed by atoms with Gasteiger partial charge in [-0.15, -0.1) is 10.2 Å². The molecule has 0 unspecified atom stereocenters. The molecule has 0 bridgehead atoms. The van der Waals surface area contributed by atoms with E-state index in [1.54, 1.807) is 4.90 Å². The van der Waals surface area contributed by atoms with Crippen LogP contribution in [0.2, 0.25) is 5.02 Å². The van der Waals surface area contributed by atoms with E-state index >= 15 is 0 Å². The molecule has 17 heteroatoms. The number of nitro groups is 2. The van der Waals surface area contributed by atoms with Crippen LogP contribution in [0, 0.1) is 20.2 Å². The lowest BCUT2D eigenvalue weighted by Crippen LogP contribution is -2.32. The van der Waals surface area contributed by atoms with E-state index in [1.807, 2.05) is 0 Å². The quantitative estimate of drug-likeness (QED) is 0.151. The molecule has 0 aromatic heterocycles. The standard InChI is InChI=1S/C23H25ClN6O10/c1-13(31)25-18-11-20(28(5-7-39-14(2)32)6-8-40-15(3)33)22(38-4)12-19(18)26-27-23-17(24)9-16(29(34)35)10-21(23)30(36)37/h9-12H,5-8H2,1-4H3,(H,25,31). The highest BCUT2D eigenvalue weighted by Crippen LogP contribution is 2.42. The smallest absolute Gasteiger partial charge is 0.305 e. The van der Waals surface area contributed by atoms with Gasteiger partial charge in [0.05, 0.1) is 52.5 Å². The van der Waals surface area contributed by atoms with Crippen molar-refractivity contribution in [1.29, 1.82) is 0 Å². The number of nitro benzene ring substituents is 2. The third-order valence-corrected chi connectivity index (χ3v) is 5.26. The van der Waals surface area contributed by atoms with Crippen molar-refractivity contribution in [2.45, 2.75) is 20.8 Å². The first-order valence-corrected chi connectivity index (χ1v) is 11.8. The first kappa shape index (κ1) is 31.4. The highest BCUT2D eigenvalue weighted by molar-refractivity contribution is 6.33. The number of carbonyl (C=O) groups is 3. The molecule has 0 aliphatic carbocycles. The van der Waals surface area contributed by atoms with Gasteiger partial charge in [0.2, 0.25) is 5.91 Å². The Hall–Kier alpha value is -4.86. The number of amides is 1. The van der Waals surface area contributed by atoms with Crippen molar-refractivity contribution in [3.05, 3.63) is 49.5 Å². The zero-order valence-corrected chi connectivity index (χ0v) is 22.6. The van der Waals surface area contributed by atoms with Gasteiger partial charge in [-0.2, -0.15) is 0 Å². The van der Waals surface area contributed by atoms with Gasteiger partial charge < -0.3 is 24.4 Å². The Balaban J connectivity index is 2.61. The minimum atomic E-state index is -0.893. The van der Waals surface area contributed by atoms with Gasteiger partial charge in [0.15, 0.2) is 5.69 Å². The van der Waals surface area contributed by atoms with Crippen LogP contribution < -0.4 is 15.0 Å². The van der Waals surface area contributed by atoms with Gasteiger partial charge in [-0.05, 0) is 6.07 Å². The topological polar surface area (TPSA) is 205 Å². The third-order valence-electron chi connectivity index (χ3n) is 4.97. The van der Waals surface area contributed by atoms with E-state index in [1.165, 1.54) is 40.0 Å². The van der Waals surface area contributed by atoms with Gasteiger partial charge in [0.1, 0.15) is 24.7 Å². The summed E-state index contributed by atoms with van der Waals surface area (Å²) in [5.41, 5.74) is -1.31. The van der Waals surface area contributed by atoms with Gasteiger partial charge in [-0.25, -0.2) is 0 Å². The first-order chi connectivity index (χ1) is 18.8. The maximum Gasteiger partial charge on any atom is 0.305 e. The van der Waals surface area contributed by atoms with Gasteiger partial charge in [0, 0.05) is 32.9 Å². The van der Waals surface area contributed by atoms with Crippen LogP contribution in [0.25, 0.3) is 0 Å². The lowest BCUT2D eigenvalue weighted by Gasteiger charge is -2.27. The van der Waals surface area contributed by atoms with Gasteiger partial charge in [-0.1, -0.05) is 11.6 Å². The van der Waals surface area contributed by atoms with Crippen LogP contribution in [0.15, 0.2) is 34.5 Å². The number of esters is 2. The Morgan fingerprint density at radius 3 is 2.02 bits per heavy atom. The van der Waals surface area contributed by atoms with Crippen LogP contribution in [-0.2, 0) is 23.9 Å². The van der Waals surface area contributed by atoms with Crippen LogP contribution in [0.1, 0.15) is 20.8 Å². The molecule has 1 amide bonds. The molecular weight excluding hydrogens is 556 g/mol. The molecule has 16 nitrogen and oxygen atoms in total. The number of hydrogen-bond donors (Lipinski definition) is 1. The number of halogens is 1. The molecule has 0 atom stereocenters. The Bertz CT molecular complexity index is 1330. The summed E-state index contributed by atoms with van der Waals surface area (Å²) in [5.74, 6) is -1.28. The predicted molar refractivity (Wildman–Crippen MR) is 142 cm³/mol. The van der Waals surface area contributed by atoms with E-state index in [-0.39, 0.29) is 43.4 Å². The van der Waals surface area contributed by atoms with E-state index < -0.39 is 49.8 Å². The fraction of sp³-hybridized carbons (Fsp3) is 0.348. The highest BCUT2D eigenvalue weighted by atomic mass is 35.5. The van der Waals surface area contributed by atoms with E-state index in [0.717, 1.165) is 6.07 Å². The molecule has 0 heterocycles. The summed E-state index contributed by atoms with van der Waals surface area (Å²) in [6.45, 7) is 4.02. The monoisotopic (exact) mass is 580 g/mol. The number of methoxy groups -OCH3 is 1. The predicted octanol–water partition coefficient (Wildman–Crippen LogP) is 4.47. The normalized spacial score (nSPS) is 10.6. The van der Waals surface area contributed by atoms with Crippen molar-refractivity contribution in [3.8, 4) is 5.75 Å². The Labute approximate surface area is 232 Å². The SMILES string of the molecule is COc1cc(N=Nc2c(Cl)cc([N+](=O)[O-])cc2[N+](=O)[O-])c(NC(C)=O)cc1N(CCOC(C)=O)CCOC(C)=O. The maximum atomic E-state index is 12.0. The fourth-order valence-corrected chi connectivity index (χ4v) is 3.56. The maximum absolute atomic E-state index is 12.0. The molecule has 0 radical (unpaired) electrons. The number of carbonyl (C=O) groups excluding carboxylic acids is 3. The van der Waals surface area contributed by atoms with Crippen molar-refractivity contribution in [3.63, 3.8) is 0 Å². The lowest BCUT2D eigenvalue weighted by molar-refractivity contribution is -0.393. The van der Waals surface area contributed by atoms with E-state index in [2.05, 4.69) is 15.5 Å². The van der Waals surface area contributed by atoms with Gasteiger partial charge >= 0.3 is 17.6 Å². The second kappa shape index (κ2) is 14.3. The molecule has 0 fully saturated rings. The molecule has 2 rings (SSSR count). The van der Waals surface area contributed by atoms with Crippen LogP contribution in [0.4, 0.5) is 34.1 Å². The summed E-state index contributed by atoms with van der Waals surface area (Å²) in [6, 6.07) is 4.44. The molecule has 1 N–H and O–H groups in total. The number of nitrogens with one attached hydrogen (secondary N) is 1. The second-order valence-electron chi connectivity index (χ2n) is 7.90. The van der Waals surface area contributed by atoms with Crippen LogP contribution in [0.5, 0.6) is 5.75 Å². The number of azo groups is 1.